The Morgan fingerprint density at radius 3 is 2.18 bits per heavy atom. The summed E-state index contributed by atoms with van der Waals surface area (Å²) in [6.45, 7) is 7.78. The molecule has 0 aliphatic rings. The number of rotatable bonds is 5. The lowest BCUT2D eigenvalue weighted by atomic mass is 10.0. The first kappa shape index (κ1) is 15.7. The molecule has 0 bridgehead atoms. The van der Waals surface area contributed by atoms with Gasteiger partial charge >= 0.3 is 6.09 Å². The van der Waals surface area contributed by atoms with Crippen LogP contribution in [0.2, 0.25) is 0 Å². The van der Waals surface area contributed by atoms with Crippen LogP contribution in [-0.2, 0) is 9.53 Å². The van der Waals surface area contributed by atoms with E-state index in [0.29, 0.717) is 0 Å². The zero-order valence-corrected chi connectivity index (χ0v) is 11.6. The van der Waals surface area contributed by atoms with Crippen LogP contribution < -0.4 is 5.32 Å². The monoisotopic (exact) mass is 244 g/mol. The van der Waals surface area contributed by atoms with E-state index in [-0.39, 0.29) is 17.9 Å². The Hall–Kier alpha value is -1.26. The maximum atomic E-state index is 12.2. The molecule has 0 radical (unpaired) electrons. The molecule has 0 aliphatic carbocycles. The van der Waals surface area contributed by atoms with E-state index in [1.807, 2.05) is 27.7 Å². The Balaban J connectivity index is 4.71. The number of likely N-dealkylation sites (N-methyl/N-ethyl adjacent to an activating group) is 1. The third-order valence-corrected chi connectivity index (χ3v) is 2.99. The van der Waals surface area contributed by atoms with Crippen LogP contribution in [0.15, 0.2) is 0 Å². The smallest absolute Gasteiger partial charge is 0.407 e. The number of hydrogen-bond donors (Lipinski definition) is 1. The normalized spacial score (nSPS) is 14.1. The Kier molecular flexibility index (Phi) is 6.61. The van der Waals surface area contributed by atoms with Gasteiger partial charge < -0.3 is 15.0 Å². The summed E-state index contributed by atoms with van der Waals surface area (Å²) < 4.78 is 4.53. The number of nitrogens with one attached hydrogen (secondary N) is 1. The van der Waals surface area contributed by atoms with E-state index >= 15 is 0 Å². The molecule has 1 N–H and O–H groups in total. The summed E-state index contributed by atoms with van der Waals surface area (Å²) in [7, 11) is 3.04. The lowest BCUT2D eigenvalue weighted by molar-refractivity contribution is -0.134. The minimum absolute atomic E-state index is 0.0214. The summed E-state index contributed by atoms with van der Waals surface area (Å²) in [6.07, 6.45) is 0.306. The summed E-state index contributed by atoms with van der Waals surface area (Å²) in [5.74, 6) is -0.0622. The second kappa shape index (κ2) is 7.14. The maximum absolute atomic E-state index is 12.2. The first-order valence-electron chi connectivity index (χ1n) is 5.96. The molecule has 0 fully saturated rings. The number of alkyl carbamates (subject to hydrolysis) is 1. The molecule has 0 spiro atoms. The molecule has 0 saturated heterocycles. The zero-order valence-electron chi connectivity index (χ0n) is 11.6. The topological polar surface area (TPSA) is 58.6 Å². The van der Waals surface area contributed by atoms with Crippen LogP contribution >= 0.6 is 0 Å². The second-order valence-electron chi connectivity index (χ2n) is 4.56. The average molecular weight is 244 g/mol. The highest BCUT2D eigenvalue weighted by molar-refractivity contribution is 5.85. The highest BCUT2D eigenvalue weighted by Crippen LogP contribution is 2.09. The highest BCUT2D eigenvalue weighted by Gasteiger charge is 2.28. The van der Waals surface area contributed by atoms with Crippen LogP contribution in [0.5, 0.6) is 0 Å². The summed E-state index contributed by atoms with van der Waals surface area (Å²) in [5, 5.41) is 2.57. The number of hydrogen-bond acceptors (Lipinski definition) is 3. The molecule has 0 saturated carbocycles. The molecule has 100 valence electrons. The molecule has 0 heterocycles. The first-order valence-corrected chi connectivity index (χ1v) is 5.96. The van der Waals surface area contributed by atoms with Gasteiger partial charge in [-0.1, -0.05) is 20.8 Å². The fraction of sp³-hybridized carbons (Fsp3) is 0.833. The Morgan fingerprint density at radius 1 is 1.29 bits per heavy atom. The van der Waals surface area contributed by atoms with Crippen molar-refractivity contribution in [3.05, 3.63) is 0 Å². The van der Waals surface area contributed by atoms with Gasteiger partial charge in [0, 0.05) is 13.1 Å². The molecular weight excluding hydrogens is 220 g/mol. The Labute approximate surface area is 103 Å². The lowest BCUT2D eigenvalue weighted by Crippen LogP contribution is -2.52. The number of amides is 2. The first-order chi connectivity index (χ1) is 7.84. The van der Waals surface area contributed by atoms with Crippen molar-refractivity contribution in [1.82, 2.24) is 10.2 Å². The summed E-state index contributed by atoms with van der Waals surface area (Å²) in [5.41, 5.74) is 0. The van der Waals surface area contributed by atoms with Crippen LogP contribution in [-0.4, -0.2) is 43.1 Å². The van der Waals surface area contributed by atoms with Crippen LogP contribution in [0.3, 0.4) is 0 Å². The molecule has 5 nitrogen and oxygen atoms in total. The van der Waals surface area contributed by atoms with E-state index in [4.69, 9.17) is 0 Å². The van der Waals surface area contributed by atoms with Gasteiger partial charge in [-0.15, -0.1) is 0 Å². The molecular formula is C12H24N2O3. The summed E-state index contributed by atoms with van der Waals surface area (Å²) in [4.78, 5) is 25.0. The summed E-state index contributed by atoms with van der Waals surface area (Å²) in [6, 6.07) is -0.385. The average Bonchev–Trinajstić information content (AvgIpc) is 2.32. The van der Waals surface area contributed by atoms with Gasteiger partial charge in [0.05, 0.1) is 7.11 Å². The largest absolute Gasteiger partial charge is 0.453 e. The lowest BCUT2D eigenvalue weighted by Gasteiger charge is -2.30. The molecule has 0 aliphatic heterocycles. The molecule has 2 amide bonds. The minimum Gasteiger partial charge on any atom is -0.453 e. The third-order valence-electron chi connectivity index (χ3n) is 2.99. The van der Waals surface area contributed by atoms with Crippen LogP contribution in [0.1, 0.15) is 34.1 Å². The highest BCUT2D eigenvalue weighted by atomic mass is 16.5. The SMILES string of the molecule is CC[C@@H](C)N(C)C(=O)[C@@H](NC(=O)OC)C(C)C. The van der Waals surface area contributed by atoms with Gasteiger partial charge in [0.25, 0.3) is 0 Å². The van der Waals surface area contributed by atoms with Crippen molar-refractivity contribution in [2.45, 2.75) is 46.2 Å². The van der Waals surface area contributed by atoms with Crippen molar-refractivity contribution in [3.63, 3.8) is 0 Å². The second-order valence-corrected chi connectivity index (χ2v) is 4.56. The van der Waals surface area contributed by atoms with Gasteiger partial charge in [-0.25, -0.2) is 4.79 Å². The van der Waals surface area contributed by atoms with Crippen molar-refractivity contribution in [1.29, 1.82) is 0 Å². The predicted molar refractivity (Wildman–Crippen MR) is 66.7 cm³/mol. The molecule has 2 atom stereocenters. The summed E-state index contributed by atoms with van der Waals surface area (Å²) >= 11 is 0. The number of nitrogens with zero attached hydrogens (tertiary/aromatic N) is 1. The van der Waals surface area contributed by atoms with Crippen LogP contribution in [0.25, 0.3) is 0 Å². The zero-order chi connectivity index (χ0) is 13.6. The molecule has 0 rings (SSSR count). The predicted octanol–water partition coefficient (Wildman–Crippen LogP) is 1.62. The van der Waals surface area contributed by atoms with E-state index in [9.17, 15) is 9.59 Å². The Bertz CT molecular complexity index is 266. The van der Waals surface area contributed by atoms with Gasteiger partial charge in [0.2, 0.25) is 5.91 Å². The molecule has 5 heteroatoms. The van der Waals surface area contributed by atoms with Gasteiger partial charge in [-0.2, -0.15) is 0 Å². The Morgan fingerprint density at radius 2 is 1.82 bits per heavy atom. The van der Waals surface area contributed by atoms with E-state index in [1.54, 1.807) is 11.9 Å². The minimum atomic E-state index is -0.574. The van der Waals surface area contributed by atoms with E-state index < -0.39 is 12.1 Å². The van der Waals surface area contributed by atoms with Crippen LogP contribution in [0, 0.1) is 5.92 Å². The van der Waals surface area contributed by atoms with Crippen LogP contribution in [0.4, 0.5) is 4.79 Å². The third kappa shape index (κ3) is 4.63. The van der Waals surface area contributed by atoms with E-state index in [1.165, 1.54) is 7.11 Å². The van der Waals surface area contributed by atoms with Gasteiger partial charge in [0.1, 0.15) is 6.04 Å². The van der Waals surface area contributed by atoms with Gasteiger partial charge in [-0.3, -0.25) is 4.79 Å². The van der Waals surface area contributed by atoms with Crippen molar-refractivity contribution < 1.29 is 14.3 Å². The van der Waals surface area contributed by atoms with Crippen molar-refractivity contribution >= 4 is 12.0 Å². The van der Waals surface area contributed by atoms with Gasteiger partial charge in [0.15, 0.2) is 0 Å². The number of carbonyl (C=O) groups excluding carboxylic acids is 2. The maximum Gasteiger partial charge on any atom is 0.407 e. The molecule has 0 aromatic rings. The van der Waals surface area contributed by atoms with Gasteiger partial charge in [-0.05, 0) is 19.3 Å². The molecule has 0 aromatic carbocycles. The fourth-order valence-corrected chi connectivity index (χ4v) is 1.41. The number of carbonyl (C=O) groups is 2. The molecule has 0 unspecified atom stereocenters. The molecule has 0 aromatic heterocycles. The van der Waals surface area contributed by atoms with E-state index in [2.05, 4.69) is 10.1 Å². The standard InChI is InChI=1S/C12H24N2O3/c1-7-9(4)14(5)11(15)10(8(2)3)13-12(16)17-6/h8-10H,7H2,1-6H3,(H,13,16)/t9-,10+/m1/s1. The number of ether oxygens (including phenoxy) is 1. The van der Waals surface area contributed by atoms with Crippen molar-refractivity contribution in [3.8, 4) is 0 Å². The van der Waals surface area contributed by atoms with Crippen molar-refractivity contribution in [2.24, 2.45) is 5.92 Å². The number of methoxy groups -OCH3 is 1. The van der Waals surface area contributed by atoms with E-state index in [0.717, 1.165) is 6.42 Å². The quantitative estimate of drug-likeness (QED) is 0.799. The fourth-order valence-electron chi connectivity index (χ4n) is 1.41. The molecule has 17 heavy (non-hydrogen) atoms. The van der Waals surface area contributed by atoms with Crippen molar-refractivity contribution in [2.75, 3.05) is 14.2 Å².